The molecular weight excluding hydrogens is 214 g/mol. The average Bonchev–Trinajstić information content (AvgIpc) is 2.19. The Kier molecular flexibility index (Phi) is 4.98. The van der Waals surface area contributed by atoms with E-state index >= 15 is 0 Å². The second-order valence-corrected chi connectivity index (χ2v) is 5.66. The summed E-state index contributed by atoms with van der Waals surface area (Å²) in [5, 5.41) is 3.13. The summed E-state index contributed by atoms with van der Waals surface area (Å²) in [6.45, 7) is 4.52. The molecule has 0 aromatic rings. The van der Waals surface area contributed by atoms with Gasteiger partial charge in [0.05, 0.1) is 0 Å². The Morgan fingerprint density at radius 3 is 2.40 bits per heavy atom. The lowest BCUT2D eigenvalue weighted by Gasteiger charge is -2.30. The van der Waals surface area contributed by atoms with Crippen molar-refractivity contribution in [2.45, 2.75) is 19.8 Å². The van der Waals surface area contributed by atoms with Crippen molar-refractivity contribution in [1.29, 1.82) is 0 Å². The van der Waals surface area contributed by atoms with Gasteiger partial charge in [0.15, 0.2) is 0 Å². The maximum atomic E-state index is 11.6. The van der Waals surface area contributed by atoms with Crippen LogP contribution in [0, 0.1) is 5.92 Å². The first-order chi connectivity index (χ1) is 7.10. The van der Waals surface area contributed by atoms with E-state index in [-0.39, 0.29) is 0 Å². The maximum absolute atomic E-state index is 11.6. The van der Waals surface area contributed by atoms with Gasteiger partial charge in [0, 0.05) is 19.6 Å². The summed E-state index contributed by atoms with van der Waals surface area (Å²) in [4.78, 5) is 0. The van der Waals surface area contributed by atoms with Crippen LogP contribution in [0.3, 0.4) is 0 Å². The predicted octanol–water partition coefficient (Wildman–Crippen LogP) is -0.228. The van der Waals surface area contributed by atoms with Crippen LogP contribution < -0.4 is 10.0 Å². The van der Waals surface area contributed by atoms with E-state index in [0.717, 1.165) is 19.4 Å². The van der Waals surface area contributed by atoms with Crippen LogP contribution in [0.1, 0.15) is 19.8 Å². The van der Waals surface area contributed by atoms with Gasteiger partial charge in [-0.15, -0.1) is 0 Å². The Bertz CT molecular complexity index is 271. The third-order valence-electron chi connectivity index (χ3n) is 2.73. The van der Waals surface area contributed by atoms with E-state index < -0.39 is 10.2 Å². The first-order valence-electron chi connectivity index (χ1n) is 5.49. The zero-order valence-electron chi connectivity index (χ0n) is 9.49. The van der Waals surface area contributed by atoms with Crippen molar-refractivity contribution >= 4 is 10.2 Å². The number of rotatable bonds is 5. The fraction of sp³-hybridized carbons (Fsp3) is 1.00. The molecule has 1 aliphatic rings. The molecule has 0 aliphatic carbocycles. The molecular formula is C9H21N3O2S. The molecule has 90 valence electrons. The van der Waals surface area contributed by atoms with Gasteiger partial charge in [-0.1, -0.05) is 6.92 Å². The van der Waals surface area contributed by atoms with Crippen LogP contribution in [0.5, 0.6) is 0 Å². The molecule has 1 saturated heterocycles. The molecule has 6 heteroatoms. The number of hydrogen-bond donors (Lipinski definition) is 2. The second-order valence-electron chi connectivity index (χ2n) is 3.90. The van der Waals surface area contributed by atoms with Crippen LogP contribution in [0.15, 0.2) is 0 Å². The molecule has 0 aromatic carbocycles. The van der Waals surface area contributed by atoms with Crippen molar-refractivity contribution in [2.24, 2.45) is 5.92 Å². The smallest absolute Gasteiger partial charge is 0.279 e. The van der Waals surface area contributed by atoms with Crippen molar-refractivity contribution in [3.63, 3.8) is 0 Å². The van der Waals surface area contributed by atoms with Gasteiger partial charge < -0.3 is 5.32 Å². The number of piperidine rings is 1. The highest BCUT2D eigenvalue weighted by Gasteiger charge is 2.26. The van der Waals surface area contributed by atoms with Gasteiger partial charge in [0.25, 0.3) is 10.2 Å². The minimum absolute atomic E-state index is 0.457. The second kappa shape index (κ2) is 5.79. The first kappa shape index (κ1) is 12.9. The Morgan fingerprint density at radius 2 is 1.93 bits per heavy atom. The van der Waals surface area contributed by atoms with Gasteiger partial charge in [-0.3, -0.25) is 0 Å². The Labute approximate surface area is 92.4 Å². The molecule has 0 unspecified atom stereocenters. The van der Waals surface area contributed by atoms with E-state index in [1.54, 1.807) is 11.2 Å². The maximum Gasteiger partial charge on any atom is 0.279 e. The molecule has 1 heterocycles. The lowest BCUT2D eigenvalue weighted by Crippen LogP contribution is -2.45. The molecule has 0 saturated carbocycles. The summed E-state index contributed by atoms with van der Waals surface area (Å²) in [5.74, 6) is 0.614. The van der Waals surface area contributed by atoms with Crippen molar-refractivity contribution in [1.82, 2.24) is 14.3 Å². The SMILES string of the molecule is CCNS(=O)(=O)N1CCC(CNC)CC1. The molecule has 0 bridgehead atoms. The lowest BCUT2D eigenvalue weighted by atomic mass is 9.98. The van der Waals surface area contributed by atoms with E-state index in [9.17, 15) is 8.42 Å². The Morgan fingerprint density at radius 1 is 1.33 bits per heavy atom. The molecule has 5 nitrogen and oxygen atoms in total. The first-order valence-corrected chi connectivity index (χ1v) is 6.93. The normalized spacial score (nSPS) is 20.7. The van der Waals surface area contributed by atoms with Crippen molar-refractivity contribution in [2.75, 3.05) is 33.2 Å². The zero-order chi connectivity index (χ0) is 11.3. The molecule has 15 heavy (non-hydrogen) atoms. The largest absolute Gasteiger partial charge is 0.319 e. The Hall–Kier alpha value is -0.170. The highest BCUT2D eigenvalue weighted by Crippen LogP contribution is 2.17. The summed E-state index contributed by atoms with van der Waals surface area (Å²) in [7, 11) is -1.28. The third-order valence-corrected chi connectivity index (χ3v) is 4.43. The molecule has 0 atom stereocenters. The number of nitrogens with one attached hydrogen (secondary N) is 2. The molecule has 2 N–H and O–H groups in total. The molecule has 0 spiro atoms. The number of nitrogens with zero attached hydrogens (tertiary/aromatic N) is 1. The van der Waals surface area contributed by atoms with E-state index in [2.05, 4.69) is 10.0 Å². The van der Waals surface area contributed by atoms with E-state index in [4.69, 9.17) is 0 Å². The molecule has 1 aliphatic heterocycles. The van der Waals surface area contributed by atoms with E-state index in [0.29, 0.717) is 25.6 Å². The minimum atomic E-state index is -3.21. The summed E-state index contributed by atoms with van der Waals surface area (Å²) < 4.78 is 27.4. The van der Waals surface area contributed by atoms with Gasteiger partial charge in [0.1, 0.15) is 0 Å². The van der Waals surface area contributed by atoms with E-state index in [1.807, 2.05) is 7.05 Å². The van der Waals surface area contributed by atoms with Crippen molar-refractivity contribution in [3.8, 4) is 0 Å². The van der Waals surface area contributed by atoms with Crippen LogP contribution in [0.4, 0.5) is 0 Å². The van der Waals surface area contributed by atoms with Gasteiger partial charge in [-0.25, -0.2) is 4.72 Å². The standard InChI is InChI=1S/C9H21N3O2S/c1-3-11-15(13,14)12-6-4-9(5-7-12)8-10-2/h9-11H,3-8H2,1-2H3. The molecule has 0 aromatic heterocycles. The van der Waals surface area contributed by atoms with E-state index in [1.165, 1.54) is 0 Å². The minimum Gasteiger partial charge on any atom is -0.319 e. The highest BCUT2D eigenvalue weighted by atomic mass is 32.2. The number of hydrogen-bond acceptors (Lipinski definition) is 3. The fourth-order valence-corrected chi connectivity index (χ4v) is 3.16. The van der Waals surface area contributed by atoms with Crippen LogP contribution in [0.2, 0.25) is 0 Å². The Balaban J connectivity index is 2.43. The van der Waals surface area contributed by atoms with Gasteiger partial charge >= 0.3 is 0 Å². The summed E-state index contributed by atoms with van der Waals surface area (Å²) in [6.07, 6.45) is 1.90. The topological polar surface area (TPSA) is 61.4 Å². The monoisotopic (exact) mass is 235 g/mol. The van der Waals surface area contributed by atoms with Crippen molar-refractivity contribution in [3.05, 3.63) is 0 Å². The van der Waals surface area contributed by atoms with Crippen LogP contribution in [0.25, 0.3) is 0 Å². The van der Waals surface area contributed by atoms with Crippen LogP contribution in [-0.4, -0.2) is 45.9 Å². The summed E-state index contributed by atoms with van der Waals surface area (Å²) in [5.41, 5.74) is 0. The zero-order valence-corrected chi connectivity index (χ0v) is 10.3. The predicted molar refractivity (Wildman–Crippen MR) is 60.8 cm³/mol. The molecule has 1 rings (SSSR count). The molecule has 0 radical (unpaired) electrons. The fourth-order valence-electron chi connectivity index (χ4n) is 1.92. The summed E-state index contributed by atoms with van der Waals surface area (Å²) in [6, 6.07) is 0. The van der Waals surface area contributed by atoms with Gasteiger partial charge in [-0.2, -0.15) is 12.7 Å². The van der Waals surface area contributed by atoms with Crippen molar-refractivity contribution < 1.29 is 8.42 Å². The molecule has 1 fully saturated rings. The average molecular weight is 235 g/mol. The van der Waals surface area contributed by atoms with Gasteiger partial charge in [-0.05, 0) is 32.4 Å². The molecule has 0 amide bonds. The van der Waals surface area contributed by atoms with Crippen LogP contribution in [-0.2, 0) is 10.2 Å². The third kappa shape index (κ3) is 3.71. The van der Waals surface area contributed by atoms with Crippen LogP contribution >= 0.6 is 0 Å². The van der Waals surface area contributed by atoms with Gasteiger partial charge in [0.2, 0.25) is 0 Å². The quantitative estimate of drug-likeness (QED) is 0.692. The highest BCUT2D eigenvalue weighted by molar-refractivity contribution is 7.87. The lowest BCUT2D eigenvalue weighted by molar-refractivity contribution is 0.268. The summed E-state index contributed by atoms with van der Waals surface area (Å²) >= 11 is 0.